The highest BCUT2D eigenvalue weighted by Crippen LogP contribution is 2.07. The van der Waals surface area contributed by atoms with Gasteiger partial charge in [-0.2, -0.15) is 0 Å². The highest BCUT2D eigenvalue weighted by molar-refractivity contribution is 8.00. The SMILES string of the molecule is C1#CCSCCCSCC#C1. The van der Waals surface area contributed by atoms with Crippen molar-refractivity contribution in [2.24, 2.45) is 0 Å². The van der Waals surface area contributed by atoms with Crippen molar-refractivity contribution in [3.05, 3.63) is 0 Å². The number of hydrogen-bond donors (Lipinski definition) is 0. The molecule has 0 bridgehead atoms. The van der Waals surface area contributed by atoms with Gasteiger partial charge in [0.2, 0.25) is 0 Å². The van der Waals surface area contributed by atoms with Crippen molar-refractivity contribution < 1.29 is 0 Å². The summed E-state index contributed by atoms with van der Waals surface area (Å²) in [7, 11) is 0. The molecule has 0 radical (unpaired) electrons. The Morgan fingerprint density at radius 3 is 1.91 bits per heavy atom. The van der Waals surface area contributed by atoms with Crippen LogP contribution >= 0.6 is 23.5 Å². The van der Waals surface area contributed by atoms with Gasteiger partial charge < -0.3 is 0 Å². The molecular formula is C9H10S2. The van der Waals surface area contributed by atoms with Crippen LogP contribution in [0.4, 0.5) is 0 Å². The molecule has 58 valence electrons. The molecule has 0 atom stereocenters. The number of rotatable bonds is 0. The predicted octanol–water partition coefficient (Wildman–Crippen LogP) is 1.86. The molecule has 0 saturated carbocycles. The Labute approximate surface area is 76.9 Å². The van der Waals surface area contributed by atoms with Crippen LogP contribution in [0.2, 0.25) is 0 Å². The van der Waals surface area contributed by atoms with Gasteiger partial charge in [0, 0.05) is 0 Å². The molecule has 2 heteroatoms. The third kappa shape index (κ3) is 5.13. The van der Waals surface area contributed by atoms with E-state index in [0.717, 1.165) is 11.5 Å². The second kappa shape index (κ2) is 6.53. The molecule has 0 aromatic carbocycles. The molecule has 1 aliphatic rings. The van der Waals surface area contributed by atoms with Crippen LogP contribution in [0.25, 0.3) is 0 Å². The maximum atomic E-state index is 3.01. The second-order valence-corrected chi connectivity index (χ2v) is 4.27. The van der Waals surface area contributed by atoms with Crippen LogP contribution in [0.15, 0.2) is 0 Å². The summed E-state index contributed by atoms with van der Waals surface area (Å²) in [5, 5.41) is 0. The van der Waals surface area contributed by atoms with Crippen LogP contribution < -0.4 is 0 Å². The van der Waals surface area contributed by atoms with Crippen molar-refractivity contribution >= 4 is 23.5 Å². The summed E-state index contributed by atoms with van der Waals surface area (Å²) in [5.74, 6) is 16.1. The van der Waals surface area contributed by atoms with Crippen LogP contribution in [-0.2, 0) is 0 Å². The fourth-order valence-corrected chi connectivity index (χ4v) is 2.19. The fourth-order valence-electron chi connectivity index (χ4n) is 0.670. The van der Waals surface area contributed by atoms with E-state index in [0.29, 0.717) is 0 Å². The van der Waals surface area contributed by atoms with Gasteiger partial charge in [0.25, 0.3) is 0 Å². The normalized spacial score (nSPS) is 18.2. The maximum Gasteiger partial charge on any atom is 0.0557 e. The van der Waals surface area contributed by atoms with Gasteiger partial charge in [0.05, 0.1) is 11.5 Å². The lowest BCUT2D eigenvalue weighted by Gasteiger charge is -1.95. The lowest BCUT2D eigenvalue weighted by Crippen LogP contribution is -1.85. The molecule has 0 N–H and O–H groups in total. The van der Waals surface area contributed by atoms with Crippen molar-refractivity contribution in [1.29, 1.82) is 0 Å². The van der Waals surface area contributed by atoms with Crippen molar-refractivity contribution in [1.82, 2.24) is 0 Å². The zero-order valence-electron chi connectivity index (χ0n) is 6.35. The first-order valence-corrected chi connectivity index (χ1v) is 5.92. The molecule has 1 rings (SSSR count). The Morgan fingerprint density at radius 2 is 1.36 bits per heavy atom. The van der Waals surface area contributed by atoms with Gasteiger partial charge >= 0.3 is 0 Å². The summed E-state index contributed by atoms with van der Waals surface area (Å²) < 4.78 is 0. The first kappa shape index (κ1) is 8.91. The largest absolute Gasteiger partial charge is 0.149 e. The van der Waals surface area contributed by atoms with Gasteiger partial charge in [-0.1, -0.05) is 11.8 Å². The van der Waals surface area contributed by atoms with E-state index in [-0.39, 0.29) is 0 Å². The fraction of sp³-hybridized carbons (Fsp3) is 0.556. The zero-order valence-corrected chi connectivity index (χ0v) is 7.99. The van der Waals surface area contributed by atoms with Gasteiger partial charge in [0.1, 0.15) is 0 Å². The minimum absolute atomic E-state index is 0.944. The maximum absolute atomic E-state index is 3.01. The molecule has 1 aliphatic heterocycles. The Kier molecular flexibility index (Phi) is 5.29. The quantitative estimate of drug-likeness (QED) is 0.525. The van der Waals surface area contributed by atoms with E-state index in [1.54, 1.807) is 0 Å². The van der Waals surface area contributed by atoms with Crippen molar-refractivity contribution in [2.45, 2.75) is 6.42 Å². The van der Waals surface area contributed by atoms with E-state index in [2.05, 4.69) is 23.7 Å². The molecule has 0 aliphatic carbocycles. The monoisotopic (exact) mass is 182 g/mol. The number of thioether (sulfide) groups is 2. The Morgan fingerprint density at radius 1 is 0.818 bits per heavy atom. The average molecular weight is 182 g/mol. The molecule has 0 spiro atoms. The predicted molar refractivity (Wildman–Crippen MR) is 54.8 cm³/mol. The van der Waals surface area contributed by atoms with Crippen molar-refractivity contribution in [3.63, 3.8) is 0 Å². The van der Waals surface area contributed by atoms with Crippen LogP contribution in [-0.4, -0.2) is 23.0 Å². The summed E-state index contributed by atoms with van der Waals surface area (Å²) in [5.41, 5.74) is 0. The Bertz CT molecular complexity index is 187. The molecule has 0 saturated heterocycles. The van der Waals surface area contributed by atoms with E-state index >= 15 is 0 Å². The minimum atomic E-state index is 0.944. The first-order chi connectivity index (χ1) is 5.50. The average Bonchev–Trinajstić information content (AvgIpc) is 2.08. The Balaban J connectivity index is 2.33. The summed E-state index contributed by atoms with van der Waals surface area (Å²) in [6, 6.07) is 0. The molecule has 1 heterocycles. The summed E-state index contributed by atoms with van der Waals surface area (Å²) in [4.78, 5) is 0. The van der Waals surface area contributed by atoms with Crippen molar-refractivity contribution in [3.8, 4) is 23.7 Å². The van der Waals surface area contributed by atoms with E-state index < -0.39 is 0 Å². The lowest BCUT2D eigenvalue weighted by molar-refractivity contribution is 1.13. The van der Waals surface area contributed by atoms with Gasteiger partial charge in [-0.15, -0.1) is 23.5 Å². The van der Waals surface area contributed by atoms with Crippen LogP contribution in [0, 0.1) is 23.7 Å². The molecule has 0 nitrogen and oxygen atoms in total. The zero-order chi connectivity index (χ0) is 7.78. The first-order valence-electron chi connectivity index (χ1n) is 3.61. The molecule has 0 aromatic heterocycles. The molecule has 0 fully saturated rings. The lowest BCUT2D eigenvalue weighted by atomic mass is 10.6. The van der Waals surface area contributed by atoms with Gasteiger partial charge in [-0.3, -0.25) is 0 Å². The van der Waals surface area contributed by atoms with Crippen molar-refractivity contribution in [2.75, 3.05) is 23.0 Å². The standard InChI is InChI=1S/C9H10S2/c1-2-4-7-11-9-5-8-10-6-3-1/h5-9H2. The summed E-state index contributed by atoms with van der Waals surface area (Å²) in [6.07, 6.45) is 1.29. The molecule has 0 unspecified atom stereocenters. The highest BCUT2D eigenvalue weighted by Gasteiger charge is 1.89. The Hall–Kier alpha value is -0.180. The number of hydrogen-bond acceptors (Lipinski definition) is 2. The molecule has 0 amide bonds. The molecule has 11 heavy (non-hydrogen) atoms. The van der Waals surface area contributed by atoms with Crippen LogP contribution in [0.1, 0.15) is 6.42 Å². The van der Waals surface area contributed by atoms with E-state index in [1.165, 1.54) is 17.9 Å². The highest BCUT2D eigenvalue weighted by atomic mass is 32.2. The third-order valence-corrected chi connectivity index (χ3v) is 3.02. The molecular weight excluding hydrogens is 172 g/mol. The van der Waals surface area contributed by atoms with Gasteiger partial charge in [-0.05, 0) is 29.8 Å². The summed E-state index contributed by atoms with van der Waals surface area (Å²) in [6.45, 7) is 0. The minimum Gasteiger partial charge on any atom is -0.149 e. The molecule has 0 aromatic rings. The third-order valence-electron chi connectivity index (χ3n) is 1.17. The summed E-state index contributed by atoms with van der Waals surface area (Å²) >= 11 is 3.81. The van der Waals surface area contributed by atoms with E-state index in [9.17, 15) is 0 Å². The van der Waals surface area contributed by atoms with Crippen LogP contribution in [0.5, 0.6) is 0 Å². The smallest absolute Gasteiger partial charge is 0.0557 e. The second-order valence-electron chi connectivity index (χ2n) is 2.06. The van der Waals surface area contributed by atoms with Crippen LogP contribution in [0.3, 0.4) is 0 Å². The van der Waals surface area contributed by atoms with Gasteiger partial charge in [0.15, 0.2) is 0 Å². The topological polar surface area (TPSA) is 0 Å². The van der Waals surface area contributed by atoms with E-state index in [4.69, 9.17) is 0 Å². The van der Waals surface area contributed by atoms with Gasteiger partial charge in [-0.25, -0.2) is 0 Å². The van der Waals surface area contributed by atoms with E-state index in [1.807, 2.05) is 23.5 Å².